The van der Waals surface area contributed by atoms with Crippen LogP contribution in [0.4, 0.5) is 0 Å². The van der Waals surface area contributed by atoms with Gasteiger partial charge in [0.1, 0.15) is 5.60 Å². The van der Waals surface area contributed by atoms with E-state index in [9.17, 15) is 5.11 Å². The summed E-state index contributed by atoms with van der Waals surface area (Å²) >= 11 is 1.55. The largest absolute Gasteiger partial charge is 0.383 e. The van der Waals surface area contributed by atoms with E-state index in [1.807, 2.05) is 5.38 Å². The van der Waals surface area contributed by atoms with Gasteiger partial charge in [0.2, 0.25) is 0 Å². The average molecular weight is 212 g/mol. The summed E-state index contributed by atoms with van der Waals surface area (Å²) in [5.41, 5.74) is 1.95. The molecular weight excluding hydrogens is 196 g/mol. The van der Waals surface area contributed by atoms with Crippen molar-refractivity contribution in [1.82, 2.24) is 9.88 Å². The molecule has 0 aromatic carbocycles. The van der Waals surface area contributed by atoms with Gasteiger partial charge in [0.05, 0.1) is 11.2 Å². The highest BCUT2D eigenvalue weighted by molar-refractivity contribution is 7.07. The topological polar surface area (TPSA) is 36.4 Å². The predicted octanol–water partition coefficient (Wildman–Crippen LogP) is 1.44. The Balaban J connectivity index is 2.18. The smallest absolute Gasteiger partial charge is 0.110 e. The molecule has 1 aromatic heterocycles. The molecule has 2 rings (SSSR count). The number of rotatable bonds is 1. The SMILES string of the molecule is CC1CC(O)(c2cscn2)CCN1C. The maximum atomic E-state index is 10.4. The summed E-state index contributed by atoms with van der Waals surface area (Å²) in [6.45, 7) is 3.09. The van der Waals surface area contributed by atoms with E-state index in [4.69, 9.17) is 0 Å². The van der Waals surface area contributed by atoms with Crippen molar-refractivity contribution in [1.29, 1.82) is 0 Å². The van der Waals surface area contributed by atoms with Crippen LogP contribution in [0.15, 0.2) is 10.9 Å². The maximum absolute atomic E-state index is 10.4. The van der Waals surface area contributed by atoms with E-state index in [0.29, 0.717) is 6.04 Å². The molecule has 0 spiro atoms. The maximum Gasteiger partial charge on any atom is 0.110 e. The molecule has 1 N–H and O–H groups in total. The van der Waals surface area contributed by atoms with Gasteiger partial charge in [0.15, 0.2) is 0 Å². The summed E-state index contributed by atoms with van der Waals surface area (Å²) in [5.74, 6) is 0. The fourth-order valence-electron chi connectivity index (χ4n) is 2.00. The number of hydrogen-bond donors (Lipinski definition) is 1. The van der Waals surface area contributed by atoms with Crippen LogP contribution in [-0.2, 0) is 5.60 Å². The van der Waals surface area contributed by atoms with Crippen molar-refractivity contribution in [2.75, 3.05) is 13.6 Å². The quantitative estimate of drug-likeness (QED) is 0.765. The third-order valence-electron chi connectivity index (χ3n) is 3.17. The van der Waals surface area contributed by atoms with Gasteiger partial charge in [-0.05, 0) is 26.8 Å². The molecule has 14 heavy (non-hydrogen) atoms. The third-order valence-corrected chi connectivity index (χ3v) is 3.76. The molecule has 1 aliphatic heterocycles. The van der Waals surface area contributed by atoms with Crippen LogP contribution in [0.3, 0.4) is 0 Å². The summed E-state index contributed by atoms with van der Waals surface area (Å²) in [6.07, 6.45) is 1.57. The molecule has 1 aromatic rings. The first kappa shape index (κ1) is 10.1. The first-order chi connectivity index (χ1) is 6.62. The lowest BCUT2D eigenvalue weighted by molar-refractivity contribution is -0.0436. The van der Waals surface area contributed by atoms with Crippen LogP contribution in [0.25, 0.3) is 0 Å². The summed E-state index contributed by atoms with van der Waals surface area (Å²) < 4.78 is 0. The van der Waals surface area contributed by atoms with Gasteiger partial charge in [-0.15, -0.1) is 11.3 Å². The van der Waals surface area contributed by atoms with Crippen LogP contribution in [0, 0.1) is 0 Å². The molecule has 1 saturated heterocycles. The first-order valence-corrected chi connectivity index (χ1v) is 5.87. The normalized spacial score (nSPS) is 34.6. The van der Waals surface area contributed by atoms with Gasteiger partial charge in [-0.2, -0.15) is 0 Å². The fourth-order valence-corrected chi connectivity index (χ4v) is 2.65. The molecule has 0 radical (unpaired) electrons. The molecule has 0 saturated carbocycles. The molecule has 1 fully saturated rings. The van der Waals surface area contributed by atoms with E-state index < -0.39 is 5.60 Å². The molecule has 0 amide bonds. The van der Waals surface area contributed by atoms with Crippen LogP contribution >= 0.6 is 11.3 Å². The Kier molecular flexibility index (Phi) is 2.60. The van der Waals surface area contributed by atoms with Gasteiger partial charge in [-0.1, -0.05) is 0 Å². The van der Waals surface area contributed by atoms with E-state index >= 15 is 0 Å². The molecule has 0 aliphatic carbocycles. The molecule has 2 unspecified atom stereocenters. The van der Waals surface area contributed by atoms with Crippen molar-refractivity contribution < 1.29 is 5.11 Å². The van der Waals surface area contributed by atoms with Crippen molar-refractivity contribution in [3.63, 3.8) is 0 Å². The second-order valence-electron chi connectivity index (χ2n) is 4.19. The van der Waals surface area contributed by atoms with Gasteiger partial charge in [0.25, 0.3) is 0 Å². The molecule has 1 aliphatic rings. The van der Waals surface area contributed by atoms with Gasteiger partial charge >= 0.3 is 0 Å². The number of nitrogens with zero attached hydrogens (tertiary/aromatic N) is 2. The Labute approximate surface area is 88.4 Å². The number of thiazole rings is 1. The van der Waals surface area contributed by atoms with Gasteiger partial charge in [-0.3, -0.25) is 0 Å². The molecule has 2 atom stereocenters. The minimum atomic E-state index is -0.689. The number of hydrogen-bond acceptors (Lipinski definition) is 4. The number of likely N-dealkylation sites (tertiary alicyclic amines) is 1. The van der Waals surface area contributed by atoms with Crippen LogP contribution in [0.2, 0.25) is 0 Å². The predicted molar refractivity (Wildman–Crippen MR) is 57.3 cm³/mol. The monoisotopic (exact) mass is 212 g/mol. The molecule has 4 heteroatoms. The van der Waals surface area contributed by atoms with Crippen molar-refractivity contribution in [3.8, 4) is 0 Å². The second-order valence-corrected chi connectivity index (χ2v) is 4.91. The number of aromatic nitrogens is 1. The van der Waals surface area contributed by atoms with Gasteiger partial charge in [0, 0.05) is 18.0 Å². The van der Waals surface area contributed by atoms with Crippen LogP contribution in [0.5, 0.6) is 0 Å². The average Bonchev–Trinajstić information content (AvgIpc) is 2.65. The summed E-state index contributed by atoms with van der Waals surface area (Å²) in [5, 5.41) is 12.4. The minimum absolute atomic E-state index is 0.426. The molecule has 2 heterocycles. The third kappa shape index (κ3) is 1.69. The van der Waals surface area contributed by atoms with Crippen LogP contribution in [0.1, 0.15) is 25.5 Å². The highest BCUT2D eigenvalue weighted by Gasteiger charge is 2.37. The summed E-state index contributed by atoms with van der Waals surface area (Å²) in [6, 6.07) is 0.426. The Hall–Kier alpha value is -0.450. The Morgan fingerprint density at radius 1 is 1.71 bits per heavy atom. The van der Waals surface area contributed by atoms with E-state index in [-0.39, 0.29) is 0 Å². The molecule has 78 valence electrons. The molecular formula is C10H16N2OS. The molecule has 0 bridgehead atoms. The van der Waals surface area contributed by atoms with E-state index in [0.717, 1.165) is 25.1 Å². The lowest BCUT2D eigenvalue weighted by Gasteiger charge is -2.40. The highest BCUT2D eigenvalue weighted by Crippen LogP contribution is 2.34. The lowest BCUT2D eigenvalue weighted by Crippen LogP contribution is -2.46. The fraction of sp³-hybridized carbons (Fsp3) is 0.700. The Morgan fingerprint density at radius 3 is 3.07 bits per heavy atom. The minimum Gasteiger partial charge on any atom is -0.383 e. The Bertz CT molecular complexity index is 301. The van der Waals surface area contributed by atoms with Crippen molar-refractivity contribution in [2.24, 2.45) is 0 Å². The highest BCUT2D eigenvalue weighted by atomic mass is 32.1. The second kappa shape index (κ2) is 3.61. The van der Waals surface area contributed by atoms with Crippen molar-refractivity contribution >= 4 is 11.3 Å². The first-order valence-electron chi connectivity index (χ1n) is 4.93. The summed E-state index contributed by atoms with van der Waals surface area (Å²) in [7, 11) is 2.10. The molecule has 3 nitrogen and oxygen atoms in total. The summed E-state index contributed by atoms with van der Waals surface area (Å²) in [4.78, 5) is 6.50. The standard InChI is InChI=1S/C10H16N2OS/c1-8-5-10(13,3-4-12(8)2)9-6-14-7-11-9/h6-8,13H,3-5H2,1-2H3. The Morgan fingerprint density at radius 2 is 2.50 bits per heavy atom. The van der Waals surface area contributed by atoms with Gasteiger partial charge < -0.3 is 10.0 Å². The van der Waals surface area contributed by atoms with E-state index in [1.165, 1.54) is 0 Å². The van der Waals surface area contributed by atoms with Crippen LogP contribution < -0.4 is 0 Å². The van der Waals surface area contributed by atoms with Crippen LogP contribution in [-0.4, -0.2) is 34.6 Å². The number of piperidine rings is 1. The van der Waals surface area contributed by atoms with E-state index in [1.54, 1.807) is 16.8 Å². The number of aliphatic hydroxyl groups is 1. The van der Waals surface area contributed by atoms with E-state index in [2.05, 4.69) is 23.9 Å². The van der Waals surface area contributed by atoms with Gasteiger partial charge in [-0.25, -0.2) is 4.98 Å². The zero-order chi connectivity index (χ0) is 10.2. The zero-order valence-corrected chi connectivity index (χ0v) is 9.42. The lowest BCUT2D eigenvalue weighted by atomic mass is 9.85. The zero-order valence-electron chi connectivity index (χ0n) is 8.60. The van der Waals surface area contributed by atoms with Crippen molar-refractivity contribution in [3.05, 3.63) is 16.6 Å². The van der Waals surface area contributed by atoms with Crippen molar-refractivity contribution in [2.45, 2.75) is 31.4 Å².